The van der Waals surface area contributed by atoms with Crippen molar-refractivity contribution in [1.82, 2.24) is 0 Å². The summed E-state index contributed by atoms with van der Waals surface area (Å²) >= 11 is 7.37. The van der Waals surface area contributed by atoms with Gasteiger partial charge in [0.2, 0.25) is 5.91 Å². The number of methoxy groups -OCH3 is 1. The van der Waals surface area contributed by atoms with Gasteiger partial charge in [-0.3, -0.25) is 9.59 Å². The lowest BCUT2D eigenvalue weighted by Crippen LogP contribution is -2.19. The van der Waals surface area contributed by atoms with E-state index in [-0.39, 0.29) is 17.0 Å². The lowest BCUT2D eigenvalue weighted by atomic mass is 10.0. The predicted octanol–water partition coefficient (Wildman–Crippen LogP) is 6.47. The number of thioether (sulfide) groups is 1. The van der Waals surface area contributed by atoms with Gasteiger partial charge >= 0.3 is 11.9 Å². The molecular formula is C30H23ClN2O7S. The van der Waals surface area contributed by atoms with Gasteiger partial charge in [-0.15, -0.1) is 11.8 Å². The number of anilines is 2. The molecule has 0 saturated carbocycles. The van der Waals surface area contributed by atoms with Crippen LogP contribution >= 0.6 is 23.4 Å². The number of carboxylic acids is 2. The highest BCUT2D eigenvalue weighted by molar-refractivity contribution is 8.00. The van der Waals surface area contributed by atoms with Crippen LogP contribution in [0.4, 0.5) is 11.4 Å². The minimum atomic E-state index is -1.43. The van der Waals surface area contributed by atoms with Crippen molar-refractivity contribution in [3.63, 3.8) is 0 Å². The normalized spacial score (nSPS) is 11.3. The van der Waals surface area contributed by atoms with E-state index in [9.17, 15) is 24.3 Å². The maximum absolute atomic E-state index is 13.5. The molecular weight excluding hydrogens is 568 g/mol. The maximum atomic E-state index is 13.5. The molecule has 4 rings (SSSR count). The molecule has 4 aromatic carbocycles. The zero-order valence-electron chi connectivity index (χ0n) is 21.5. The second-order valence-electron chi connectivity index (χ2n) is 8.60. The summed E-state index contributed by atoms with van der Waals surface area (Å²) in [6.45, 7) is 0. The Morgan fingerprint density at radius 1 is 0.805 bits per heavy atom. The van der Waals surface area contributed by atoms with Crippen molar-refractivity contribution < 1.29 is 34.1 Å². The van der Waals surface area contributed by atoms with Gasteiger partial charge in [0.1, 0.15) is 11.0 Å². The van der Waals surface area contributed by atoms with Gasteiger partial charge < -0.3 is 25.6 Å². The van der Waals surface area contributed by atoms with Crippen molar-refractivity contribution in [1.29, 1.82) is 0 Å². The summed E-state index contributed by atoms with van der Waals surface area (Å²) in [5, 5.41) is 23.9. The summed E-state index contributed by atoms with van der Waals surface area (Å²) < 4.78 is 5.35. The molecule has 0 bridgehead atoms. The topological polar surface area (TPSA) is 142 Å². The van der Waals surface area contributed by atoms with E-state index in [4.69, 9.17) is 21.4 Å². The number of carbonyl (C=O) groups excluding carboxylic acids is 2. The average molecular weight is 591 g/mol. The first kappa shape index (κ1) is 29.2. The van der Waals surface area contributed by atoms with Crippen LogP contribution in [0, 0.1) is 0 Å². The Bertz CT molecular complexity index is 1630. The second-order valence-corrected chi connectivity index (χ2v) is 10.2. The molecule has 0 aromatic heterocycles. The summed E-state index contributed by atoms with van der Waals surface area (Å²) in [6.07, 6.45) is 0. The molecule has 11 heteroatoms. The quantitative estimate of drug-likeness (QED) is 0.154. The largest absolute Gasteiger partial charge is 0.495 e. The highest BCUT2D eigenvalue weighted by Crippen LogP contribution is 2.38. The summed E-state index contributed by atoms with van der Waals surface area (Å²) in [7, 11) is 1.49. The van der Waals surface area contributed by atoms with Crippen molar-refractivity contribution in [3.8, 4) is 5.75 Å². The number of rotatable bonds is 10. The van der Waals surface area contributed by atoms with Gasteiger partial charge in [-0.25, -0.2) is 9.59 Å². The molecule has 0 aliphatic rings. The monoisotopic (exact) mass is 590 g/mol. The first-order valence-electron chi connectivity index (χ1n) is 12.0. The van der Waals surface area contributed by atoms with Crippen LogP contribution in [-0.2, 0) is 4.79 Å². The van der Waals surface area contributed by atoms with E-state index >= 15 is 0 Å². The lowest BCUT2D eigenvalue weighted by Gasteiger charge is -2.19. The third-order valence-corrected chi connectivity index (χ3v) is 7.33. The van der Waals surface area contributed by atoms with Gasteiger partial charge in [-0.1, -0.05) is 48.0 Å². The molecule has 1 atom stereocenters. The standard InChI is InChI=1S/C30H23ClN2O7S/c1-40-25-13-11-19(31)15-24(25)33-28(35)26(17-6-3-2-4-7-17)41-21-9-5-8-20(16-21)32-27(34)22-12-10-18(29(36)37)14-23(22)30(38)39/h2-16,26H,1H3,(H,32,34)(H,33,35)(H,36,37)(H,38,39). The van der Waals surface area contributed by atoms with Gasteiger partial charge in [0.05, 0.1) is 29.5 Å². The Kier molecular flexibility index (Phi) is 9.28. The number of hydrogen-bond donors (Lipinski definition) is 4. The minimum absolute atomic E-state index is 0.197. The Morgan fingerprint density at radius 3 is 2.24 bits per heavy atom. The van der Waals surface area contributed by atoms with Gasteiger partial charge in [0.15, 0.2) is 0 Å². The van der Waals surface area contributed by atoms with E-state index in [1.54, 1.807) is 42.5 Å². The van der Waals surface area contributed by atoms with Crippen LogP contribution in [0.2, 0.25) is 5.02 Å². The molecule has 0 aliphatic heterocycles. The minimum Gasteiger partial charge on any atom is -0.495 e. The average Bonchev–Trinajstić information content (AvgIpc) is 2.96. The van der Waals surface area contributed by atoms with Gasteiger partial charge in [-0.2, -0.15) is 0 Å². The molecule has 0 fully saturated rings. The van der Waals surface area contributed by atoms with Crippen molar-refractivity contribution in [2.45, 2.75) is 10.1 Å². The van der Waals surface area contributed by atoms with E-state index in [1.807, 2.05) is 30.3 Å². The lowest BCUT2D eigenvalue weighted by molar-refractivity contribution is -0.115. The molecule has 0 heterocycles. The van der Waals surface area contributed by atoms with Gasteiger partial charge in [-0.05, 0) is 60.2 Å². The zero-order valence-corrected chi connectivity index (χ0v) is 23.0. The molecule has 4 aromatic rings. The number of carboxylic acid groups (broad SMARTS) is 2. The highest BCUT2D eigenvalue weighted by atomic mass is 35.5. The summed E-state index contributed by atoms with van der Waals surface area (Å²) in [5.74, 6) is -3.36. The van der Waals surface area contributed by atoms with Gasteiger partial charge in [0.25, 0.3) is 5.91 Å². The Morgan fingerprint density at radius 2 is 1.56 bits per heavy atom. The fourth-order valence-electron chi connectivity index (χ4n) is 3.91. The van der Waals surface area contributed by atoms with Crippen LogP contribution in [0.3, 0.4) is 0 Å². The SMILES string of the molecule is COc1ccc(Cl)cc1NC(=O)C(Sc1cccc(NC(=O)c2ccc(C(=O)O)cc2C(=O)O)c1)c1ccccc1. The molecule has 0 saturated heterocycles. The number of benzene rings is 4. The molecule has 4 N–H and O–H groups in total. The predicted molar refractivity (Wildman–Crippen MR) is 156 cm³/mol. The number of carbonyl (C=O) groups is 4. The van der Waals surface area contributed by atoms with Crippen LogP contribution in [0.25, 0.3) is 0 Å². The third-order valence-electron chi connectivity index (χ3n) is 5.85. The van der Waals surface area contributed by atoms with Crippen molar-refractivity contribution >= 4 is 58.5 Å². The number of aromatic carboxylic acids is 2. The van der Waals surface area contributed by atoms with E-state index in [1.165, 1.54) is 18.9 Å². The number of halogens is 1. The second kappa shape index (κ2) is 13.0. The van der Waals surface area contributed by atoms with Crippen molar-refractivity contribution in [3.05, 3.63) is 118 Å². The van der Waals surface area contributed by atoms with E-state index in [0.717, 1.165) is 23.8 Å². The fourth-order valence-corrected chi connectivity index (χ4v) is 5.17. The molecule has 41 heavy (non-hydrogen) atoms. The maximum Gasteiger partial charge on any atom is 0.336 e. The Labute approximate surface area is 244 Å². The van der Waals surface area contributed by atoms with Crippen molar-refractivity contribution in [2.75, 3.05) is 17.7 Å². The number of amides is 2. The zero-order chi connectivity index (χ0) is 29.5. The smallest absolute Gasteiger partial charge is 0.336 e. The van der Waals surface area contributed by atoms with Gasteiger partial charge in [0, 0.05) is 15.6 Å². The van der Waals surface area contributed by atoms with Crippen LogP contribution in [-0.4, -0.2) is 41.1 Å². The summed E-state index contributed by atoms with van der Waals surface area (Å²) in [4.78, 5) is 50.1. The van der Waals surface area contributed by atoms with E-state index < -0.39 is 28.7 Å². The number of ether oxygens (including phenoxy) is 1. The molecule has 9 nitrogen and oxygen atoms in total. The molecule has 0 spiro atoms. The molecule has 1 unspecified atom stereocenters. The molecule has 2 amide bonds. The summed E-state index contributed by atoms with van der Waals surface area (Å²) in [6, 6.07) is 24.0. The van der Waals surface area contributed by atoms with Crippen molar-refractivity contribution in [2.24, 2.45) is 0 Å². The molecule has 0 aliphatic carbocycles. The number of nitrogens with one attached hydrogen (secondary N) is 2. The van der Waals surface area contributed by atoms with E-state index in [2.05, 4.69) is 10.6 Å². The first-order valence-corrected chi connectivity index (χ1v) is 13.3. The highest BCUT2D eigenvalue weighted by Gasteiger charge is 2.24. The molecule has 208 valence electrons. The molecule has 0 radical (unpaired) electrons. The number of hydrogen-bond acceptors (Lipinski definition) is 6. The van der Waals surface area contributed by atoms with Crippen LogP contribution < -0.4 is 15.4 Å². The van der Waals surface area contributed by atoms with Crippen LogP contribution in [0.5, 0.6) is 5.75 Å². The van der Waals surface area contributed by atoms with Crippen LogP contribution in [0.15, 0.2) is 95.9 Å². The third kappa shape index (κ3) is 7.24. The van der Waals surface area contributed by atoms with Crippen LogP contribution in [0.1, 0.15) is 41.9 Å². The first-order chi connectivity index (χ1) is 19.7. The van der Waals surface area contributed by atoms with E-state index in [0.29, 0.717) is 27.0 Å². The fraction of sp³-hybridized carbons (Fsp3) is 0.0667. The Hall–Kier alpha value is -4.80. The Balaban J connectivity index is 1.59. The summed E-state index contributed by atoms with van der Waals surface area (Å²) in [5.41, 5.74) is 0.605.